The monoisotopic (exact) mass is 263 g/mol. The first-order valence-electron chi connectivity index (χ1n) is 6.64. The Morgan fingerprint density at radius 1 is 1.50 bits per heavy atom. The zero-order valence-electron chi connectivity index (χ0n) is 11.3. The molecule has 1 fully saturated rings. The first-order valence-corrected chi connectivity index (χ1v) is 6.64. The molecule has 0 saturated heterocycles. The predicted molar refractivity (Wildman–Crippen MR) is 65.7 cm³/mol. The first kappa shape index (κ1) is 15.3. The van der Waals surface area contributed by atoms with Crippen LogP contribution in [0.25, 0.3) is 0 Å². The van der Waals surface area contributed by atoms with Gasteiger partial charge >= 0.3 is 5.97 Å². The van der Waals surface area contributed by atoms with Gasteiger partial charge in [0, 0.05) is 19.4 Å². The third-order valence-corrected chi connectivity index (χ3v) is 3.38. The average molecular weight is 263 g/mol. The summed E-state index contributed by atoms with van der Waals surface area (Å²) in [5.41, 5.74) is 0. The number of carbonyl (C=O) groups is 1. The van der Waals surface area contributed by atoms with Crippen molar-refractivity contribution in [3.63, 3.8) is 0 Å². The molecule has 106 valence electrons. The van der Waals surface area contributed by atoms with Crippen LogP contribution in [0.3, 0.4) is 0 Å². The lowest BCUT2D eigenvalue weighted by atomic mass is 9.86. The molecule has 1 rings (SSSR count). The van der Waals surface area contributed by atoms with Crippen LogP contribution in [0.15, 0.2) is 0 Å². The van der Waals surface area contributed by atoms with E-state index in [2.05, 4.69) is 4.74 Å². The summed E-state index contributed by atoms with van der Waals surface area (Å²) in [6.07, 6.45) is 2.27. The van der Waals surface area contributed by atoms with Gasteiger partial charge in [-0.15, -0.1) is 0 Å². The molecule has 0 aromatic carbocycles. The van der Waals surface area contributed by atoms with Gasteiger partial charge in [0.1, 0.15) is 0 Å². The van der Waals surface area contributed by atoms with E-state index >= 15 is 0 Å². The number of nitrogens with zero attached hydrogens (tertiary/aromatic N) is 1. The van der Waals surface area contributed by atoms with Crippen molar-refractivity contribution in [3.8, 4) is 0 Å². The fraction of sp³-hybridized carbons (Fsp3) is 0.923. The lowest BCUT2D eigenvalue weighted by molar-refractivity contribution is -0.142. The molecule has 1 atom stereocenters. The maximum atomic E-state index is 13.3. The van der Waals surface area contributed by atoms with Gasteiger partial charge in [-0.05, 0) is 31.7 Å². The molecule has 3 nitrogen and oxygen atoms in total. The Labute approximate surface area is 107 Å². The number of hydrogen-bond acceptors (Lipinski definition) is 3. The van der Waals surface area contributed by atoms with Gasteiger partial charge in [0.15, 0.2) is 0 Å². The van der Waals surface area contributed by atoms with E-state index in [1.807, 2.05) is 11.8 Å². The summed E-state index contributed by atoms with van der Waals surface area (Å²) in [5.74, 6) is -2.83. The summed E-state index contributed by atoms with van der Waals surface area (Å²) in [6, 6.07) is 0. The van der Waals surface area contributed by atoms with Gasteiger partial charge in [0.05, 0.1) is 13.7 Å². The zero-order chi connectivity index (χ0) is 13.6. The van der Waals surface area contributed by atoms with E-state index in [1.165, 1.54) is 7.11 Å². The second kappa shape index (κ2) is 7.02. The lowest BCUT2D eigenvalue weighted by Gasteiger charge is -2.32. The Morgan fingerprint density at radius 3 is 2.78 bits per heavy atom. The van der Waals surface area contributed by atoms with Gasteiger partial charge in [-0.25, -0.2) is 8.78 Å². The molecule has 1 aliphatic carbocycles. The van der Waals surface area contributed by atoms with Gasteiger partial charge in [-0.1, -0.05) is 6.92 Å². The maximum Gasteiger partial charge on any atom is 0.319 e. The number of esters is 1. The molecule has 0 radical (unpaired) electrons. The third-order valence-electron chi connectivity index (χ3n) is 3.38. The Hall–Kier alpha value is -0.710. The van der Waals surface area contributed by atoms with Crippen LogP contribution in [0.2, 0.25) is 0 Å². The topological polar surface area (TPSA) is 29.5 Å². The molecule has 0 aromatic heterocycles. The standard InChI is InChI=1S/C13H23F2NO2/c1-3-7-16(10-12(17)18-2)9-11-5-4-6-13(14,15)8-11/h11H,3-10H2,1-2H3. The minimum absolute atomic E-state index is 0.00821. The quantitative estimate of drug-likeness (QED) is 0.690. The molecule has 0 aliphatic heterocycles. The Morgan fingerprint density at radius 2 is 2.22 bits per heavy atom. The highest BCUT2D eigenvalue weighted by Gasteiger charge is 2.36. The van der Waals surface area contributed by atoms with Crippen LogP contribution < -0.4 is 0 Å². The van der Waals surface area contributed by atoms with Gasteiger partial charge in [0.25, 0.3) is 0 Å². The summed E-state index contributed by atoms with van der Waals surface area (Å²) in [5, 5.41) is 0. The van der Waals surface area contributed by atoms with Crippen molar-refractivity contribution in [3.05, 3.63) is 0 Å². The molecule has 0 aromatic rings. The van der Waals surface area contributed by atoms with Gasteiger partial charge in [0.2, 0.25) is 5.92 Å². The minimum Gasteiger partial charge on any atom is -0.468 e. The molecule has 5 heteroatoms. The number of ether oxygens (including phenoxy) is 1. The number of alkyl halides is 2. The fourth-order valence-corrected chi connectivity index (χ4v) is 2.60. The molecule has 0 heterocycles. The second-order valence-corrected chi connectivity index (χ2v) is 5.13. The van der Waals surface area contributed by atoms with Crippen molar-refractivity contribution in [2.24, 2.45) is 5.92 Å². The summed E-state index contributed by atoms with van der Waals surface area (Å²) in [4.78, 5) is 13.2. The van der Waals surface area contributed by atoms with Crippen LogP contribution >= 0.6 is 0 Å². The highest BCUT2D eigenvalue weighted by Crippen LogP contribution is 2.36. The van der Waals surface area contributed by atoms with Crippen LogP contribution in [0.4, 0.5) is 8.78 Å². The van der Waals surface area contributed by atoms with Gasteiger partial charge < -0.3 is 4.74 Å². The maximum absolute atomic E-state index is 13.3. The molecule has 1 unspecified atom stereocenters. The molecule has 0 bridgehead atoms. The normalized spacial score (nSPS) is 23.1. The van der Waals surface area contributed by atoms with E-state index in [9.17, 15) is 13.6 Å². The Bertz CT molecular complexity index is 272. The molecular formula is C13H23F2NO2. The number of rotatable bonds is 6. The van der Waals surface area contributed by atoms with E-state index in [0.717, 1.165) is 19.4 Å². The Balaban J connectivity index is 2.46. The summed E-state index contributed by atoms with van der Waals surface area (Å²) in [7, 11) is 1.35. The highest BCUT2D eigenvalue weighted by molar-refractivity contribution is 5.71. The number of halogens is 2. The van der Waals surface area contributed by atoms with Crippen molar-refractivity contribution >= 4 is 5.97 Å². The van der Waals surface area contributed by atoms with E-state index in [-0.39, 0.29) is 31.3 Å². The SMILES string of the molecule is CCCN(CC(=O)OC)CC1CCCC(F)(F)C1. The average Bonchev–Trinajstić information content (AvgIpc) is 2.27. The predicted octanol–water partition coefficient (Wildman–Crippen LogP) is 2.70. The fourth-order valence-electron chi connectivity index (χ4n) is 2.60. The van der Waals surface area contributed by atoms with Crippen LogP contribution in [-0.2, 0) is 9.53 Å². The summed E-state index contributed by atoms with van der Waals surface area (Å²) in [6.45, 7) is 3.53. The van der Waals surface area contributed by atoms with Crippen LogP contribution in [-0.4, -0.2) is 43.5 Å². The zero-order valence-corrected chi connectivity index (χ0v) is 11.3. The van der Waals surface area contributed by atoms with Crippen molar-refractivity contribution < 1.29 is 18.3 Å². The van der Waals surface area contributed by atoms with Gasteiger partial charge in [-0.3, -0.25) is 9.69 Å². The molecule has 1 saturated carbocycles. The van der Waals surface area contributed by atoms with E-state index < -0.39 is 5.92 Å². The van der Waals surface area contributed by atoms with Crippen molar-refractivity contribution in [2.45, 2.75) is 45.0 Å². The molecule has 0 N–H and O–H groups in total. The molecular weight excluding hydrogens is 240 g/mol. The van der Waals surface area contributed by atoms with Crippen molar-refractivity contribution in [1.29, 1.82) is 0 Å². The smallest absolute Gasteiger partial charge is 0.319 e. The molecule has 1 aliphatic rings. The van der Waals surface area contributed by atoms with Gasteiger partial charge in [-0.2, -0.15) is 0 Å². The molecule has 0 amide bonds. The minimum atomic E-state index is -2.52. The summed E-state index contributed by atoms with van der Waals surface area (Å²) < 4.78 is 31.2. The number of hydrogen-bond donors (Lipinski definition) is 0. The molecule has 18 heavy (non-hydrogen) atoms. The van der Waals surface area contributed by atoms with Crippen molar-refractivity contribution in [1.82, 2.24) is 4.90 Å². The largest absolute Gasteiger partial charge is 0.468 e. The number of methoxy groups -OCH3 is 1. The first-order chi connectivity index (χ1) is 8.46. The summed E-state index contributed by atoms with van der Waals surface area (Å²) >= 11 is 0. The Kier molecular flexibility index (Phi) is 5.99. The number of carbonyl (C=O) groups excluding carboxylic acids is 1. The van der Waals surface area contributed by atoms with E-state index in [4.69, 9.17) is 0 Å². The van der Waals surface area contributed by atoms with Crippen LogP contribution in [0.5, 0.6) is 0 Å². The second-order valence-electron chi connectivity index (χ2n) is 5.13. The van der Waals surface area contributed by atoms with E-state index in [0.29, 0.717) is 13.0 Å². The van der Waals surface area contributed by atoms with E-state index in [1.54, 1.807) is 0 Å². The lowest BCUT2D eigenvalue weighted by Crippen LogP contribution is -2.38. The van der Waals surface area contributed by atoms with Crippen molar-refractivity contribution in [2.75, 3.05) is 26.7 Å². The van der Waals surface area contributed by atoms with Crippen LogP contribution in [0, 0.1) is 5.92 Å². The van der Waals surface area contributed by atoms with Crippen LogP contribution in [0.1, 0.15) is 39.0 Å². The third kappa shape index (κ3) is 5.29. The highest BCUT2D eigenvalue weighted by atomic mass is 19.3. The molecule has 0 spiro atoms.